The van der Waals surface area contributed by atoms with Crippen LogP contribution in [-0.2, 0) is 6.54 Å². The predicted octanol–water partition coefficient (Wildman–Crippen LogP) is 3.69. The summed E-state index contributed by atoms with van der Waals surface area (Å²) in [5, 5.41) is 7.32. The van der Waals surface area contributed by atoms with Crippen molar-refractivity contribution in [3.63, 3.8) is 0 Å². The third-order valence-corrected chi connectivity index (χ3v) is 3.31. The van der Waals surface area contributed by atoms with Crippen LogP contribution in [0.4, 0.5) is 4.39 Å². The average Bonchev–Trinajstić information content (AvgIpc) is 3.04. The maximum atomic E-state index is 13.1. The molecule has 0 amide bonds. The van der Waals surface area contributed by atoms with E-state index in [1.807, 2.05) is 36.4 Å². The molecule has 0 spiro atoms. The normalized spacial score (nSPS) is 12.2. The van der Waals surface area contributed by atoms with Crippen LogP contribution in [0.2, 0.25) is 0 Å². The van der Waals surface area contributed by atoms with E-state index in [1.54, 1.807) is 18.4 Å². The average molecular weight is 282 g/mol. The number of nitrogens with one attached hydrogen (secondary N) is 1. The molecule has 1 aromatic heterocycles. The molecule has 0 aliphatic heterocycles. The summed E-state index contributed by atoms with van der Waals surface area (Å²) in [5.41, 5.74) is 2.96. The van der Waals surface area contributed by atoms with Gasteiger partial charge in [0.1, 0.15) is 12.1 Å². The fourth-order valence-electron chi connectivity index (χ4n) is 2.26. The van der Waals surface area contributed by atoms with E-state index in [4.69, 9.17) is 4.52 Å². The predicted molar refractivity (Wildman–Crippen MR) is 78.0 cm³/mol. The molecule has 0 bridgehead atoms. The third-order valence-electron chi connectivity index (χ3n) is 3.31. The van der Waals surface area contributed by atoms with Crippen molar-refractivity contribution < 1.29 is 8.91 Å². The highest BCUT2D eigenvalue weighted by atomic mass is 19.1. The second-order valence-electron chi connectivity index (χ2n) is 4.77. The highest BCUT2D eigenvalue weighted by Gasteiger charge is 2.14. The molecule has 3 aromatic rings. The first kappa shape index (κ1) is 13.5. The summed E-state index contributed by atoms with van der Waals surface area (Å²) in [6.45, 7) is 0.577. The molecule has 0 aliphatic carbocycles. The monoisotopic (exact) mass is 282 g/mol. The largest absolute Gasteiger partial charge is 0.364 e. The molecule has 1 N–H and O–H groups in total. The molecule has 1 unspecified atom stereocenters. The molecule has 3 rings (SSSR count). The number of benzene rings is 2. The molecule has 106 valence electrons. The minimum Gasteiger partial charge on any atom is -0.364 e. The minimum absolute atomic E-state index is 0.0245. The first-order valence-corrected chi connectivity index (χ1v) is 6.76. The van der Waals surface area contributed by atoms with Crippen LogP contribution in [0, 0.1) is 5.82 Å². The number of aromatic nitrogens is 1. The van der Waals surface area contributed by atoms with Crippen LogP contribution in [0.3, 0.4) is 0 Å². The quantitative estimate of drug-likeness (QED) is 0.775. The highest BCUT2D eigenvalue weighted by molar-refractivity contribution is 5.31. The van der Waals surface area contributed by atoms with Crippen molar-refractivity contribution in [3.8, 4) is 0 Å². The Kier molecular flexibility index (Phi) is 4.07. The lowest BCUT2D eigenvalue weighted by Gasteiger charge is -2.19. The summed E-state index contributed by atoms with van der Waals surface area (Å²) in [6.07, 6.45) is 1.55. The summed E-state index contributed by atoms with van der Waals surface area (Å²) in [4.78, 5) is 0. The first-order chi connectivity index (χ1) is 10.3. The Hall–Kier alpha value is -2.46. The fourth-order valence-corrected chi connectivity index (χ4v) is 2.26. The van der Waals surface area contributed by atoms with E-state index in [2.05, 4.69) is 10.5 Å². The summed E-state index contributed by atoms with van der Waals surface area (Å²) < 4.78 is 18.0. The second-order valence-corrected chi connectivity index (χ2v) is 4.77. The van der Waals surface area contributed by atoms with E-state index in [1.165, 1.54) is 12.1 Å². The van der Waals surface area contributed by atoms with E-state index in [9.17, 15) is 4.39 Å². The Morgan fingerprint density at radius 2 is 1.67 bits per heavy atom. The maximum Gasteiger partial charge on any atom is 0.124 e. The zero-order chi connectivity index (χ0) is 14.5. The lowest BCUT2D eigenvalue weighted by Crippen LogP contribution is -2.22. The number of halogens is 1. The van der Waals surface area contributed by atoms with Crippen molar-refractivity contribution in [2.45, 2.75) is 12.6 Å². The molecule has 1 heterocycles. The lowest BCUT2D eigenvalue weighted by molar-refractivity contribution is 0.407. The van der Waals surface area contributed by atoms with Gasteiger partial charge in [-0.05, 0) is 23.3 Å². The van der Waals surface area contributed by atoms with Crippen molar-refractivity contribution in [1.82, 2.24) is 10.5 Å². The van der Waals surface area contributed by atoms with Crippen LogP contribution in [0.1, 0.15) is 22.9 Å². The van der Waals surface area contributed by atoms with Gasteiger partial charge in [0, 0.05) is 12.6 Å². The Morgan fingerprint density at radius 1 is 0.952 bits per heavy atom. The van der Waals surface area contributed by atoms with Gasteiger partial charge in [-0.3, -0.25) is 0 Å². The second kappa shape index (κ2) is 6.33. The number of rotatable bonds is 5. The van der Waals surface area contributed by atoms with Gasteiger partial charge in [-0.25, -0.2) is 4.39 Å². The third kappa shape index (κ3) is 3.35. The number of hydrogen-bond donors (Lipinski definition) is 1. The maximum absolute atomic E-state index is 13.1. The van der Waals surface area contributed by atoms with Crippen molar-refractivity contribution in [2.75, 3.05) is 0 Å². The molecule has 0 saturated heterocycles. The molecular formula is C17H15FN2O. The van der Waals surface area contributed by atoms with Crippen molar-refractivity contribution in [1.29, 1.82) is 0 Å². The van der Waals surface area contributed by atoms with Crippen LogP contribution >= 0.6 is 0 Å². The number of hydrogen-bond acceptors (Lipinski definition) is 3. The van der Waals surface area contributed by atoms with Crippen molar-refractivity contribution in [2.24, 2.45) is 0 Å². The SMILES string of the molecule is Fc1ccc(C(NCc2ccon2)c2ccccc2)cc1. The fraction of sp³-hybridized carbons (Fsp3) is 0.118. The number of nitrogens with zero attached hydrogens (tertiary/aromatic N) is 1. The topological polar surface area (TPSA) is 38.1 Å². The molecule has 21 heavy (non-hydrogen) atoms. The minimum atomic E-state index is -0.234. The highest BCUT2D eigenvalue weighted by Crippen LogP contribution is 2.22. The molecule has 4 heteroatoms. The Bertz CT molecular complexity index is 666. The van der Waals surface area contributed by atoms with Gasteiger partial charge in [0.15, 0.2) is 0 Å². The van der Waals surface area contributed by atoms with Gasteiger partial charge in [-0.15, -0.1) is 0 Å². The van der Waals surface area contributed by atoms with Crippen LogP contribution < -0.4 is 5.32 Å². The molecular weight excluding hydrogens is 267 g/mol. The van der Waals surface area contributed by atoms with E-state index < -0.39 is 0 Å². The summed E-state index contributed by atoms with van der Waals surface area (Å²) in [5.74, 6) is -0.234. The standard InChI is InChI=1S/C17H15FN2O/c18-15-8-6-14(7-9-15)17(13-4-2-1-3-5-13)19-12-16-10-11-21-20-16/h1-11,17,19H,12H2. The van der Waals surface area contributed by atoms with Gasteiger partial charge in [0.2, 0.25) is 0 Å². The van der Waals surface area contributed by atoms with Crippen LogP contribution in [0.25, 0.3) is 0 Å². The Balaban J connectivity index is 1.85. The van der Waals surface area contributed by atoms with Gasteiger partial charge < -0.3 is 9.84 Å². The molecule has 2 aromatic carbocycles. The van der Waals surface area contributed by atoms with Crippen LogP contribution in [-0.4, -0.2) is 5.16 Å². The zero-order valence-corrected chi connectivity index (χ0v) is 11.4. The Labute approximate surface area is 122 Å². The van der Waals surface area contributed by atoms with Crippen LogP contribution in [0.15, 0.2) is 71.4 Å². The lowest BCUT2D eigenvalue weighted by atomic mass is 9.98. The molecule has 1 atom stereocenters. The molecule has 0 fully saturated rings. The molecule has 0 aliphatic rings. The zero-order valence-electron chi connectivity index (χ0n) is 11.4. The van der Waals surface area contributed by atoms with Crippen molar-refractivity contribution >= 4 is 0 Å². The van der Waals surface area contributed by atoms with Gasteiger partial charge in [-0.1, -0.05) is 47.6 Å². The summed E-state index contributed by atoms with van der Waals surface area (Å²) in [7, 11) is 0. The molecule has 0 saturated carbocycles. The smallest absolute Gasteiger partial charge is 0.124 e. The van der Waals surface area contributed by atoms with E-state index >= 15 is 0 Å². The molecule has 0 radical (unpaired) electrons. The van der Waals surface area contributed by atoms with E-state index in [0.29, 0.717) is 6.54 Å². The van der Waals surface area contributed by atoms with Crippen LogP contribution in [0.5, 0.6) is 0 Å². The van der Waals surface area contributed by atoms with Gasteiger partial charge in [0.25, 0.3) is 0 Å². The Morgan fingerprint density at radius 3 is 2.33 bits per heavy atom. The van der Waals surface area contributed by atoms with Gasteiger partial charge in [-0.2, -0.15) is 0 Å². The van der Waals surface area contributed by atoms with Crippen molar-refractivity contribution in [3.05, 3.63) is 89.6 Å². The summed E-state index contributed by atoms with van der Waals surface area (Å²) >= 11 is 0. The van der Waals surface area contributed by atoms with E-state index in [0.717, 1.165) is 16.8 Å². The van der Waals surface area contributed by atoms with Gasteiger partial charge in [0.05, 0.1) is 11.7 Å². The van der Waals surface area contributed by atoms with E-state index in [-0.39, 0.29) is 11.9 Å². The molecule has 3 nitrogen and oxygen atoms in total. The van der Waals surface area contributed by atoms with Gasteiger partial charge >= 0.3 is 0 Å². The summed E-state index contributed by atoms with van der Waals surface area (Å²) in [6, 6.07) is 18.4. The first-order valence-electron chi connectivity index (χ1n) is 6.76.